The highest BCUT2D eigenvalue weighted by Crippen LogP contribution is 2.28. The van der Waals surface area contributed by atoms with Crippen LogP contribution >= 0.6 is 0 Å². The molecular weight excluding hydrogens is 372 g/mol. The average molecular weight is 403 g/mol. The Balaban J connectivity index is 1.83. The van der Waals surface area contributed by atoms with Gasteiger partial charge in [0.2, 0.25) is 5.91 Å². The summed E-state index contributed by atoms with van der Waals surface area (Å²) in [7, 11) is 1.85. The SMILES string of the molecule is CN(Cc1ccccc1)C(=O)CN(CCCO)C(c1ccccc1)c1ccccc1. The highest BCUT2D eigenvalue weighted by molar-refractivity contribution is 5.78. The number of carbonyl (C=O) groups is 1. The molecule has 0 bridgehead atoms. The standard InChI is InChI=1S/C26H30N2O2/c1-27(20-22-12-5-2-6-13-22)25(30)21-28(18-11-19-29)26(23-14-7-3-8-15-23)24-16-9-4-10-17-24/h2-10,12-17,26,29H,11,18-21H2,1H3. The van der Waals surface area contributed by atoms with Crippen LogP contribution in [0.1, 0.15) is 29.2 Å². The van der Waals surface area contributed by atoms with E-state index in [1.54, 1.807) is 4.90 Å². The second-order valence-electron chi connectivity index (χ2n) is 7.51. The highest BCUT2D eigenvalue weighted by atomic mass is 16.3. The minimum absolute atomic E-state index is 0.0481. The third kappa shape index (κ3) is 6.02. The smallest absolute Gasteiger partial charge is 0.236 e. The zero-order valence-corrected chi connectivity index (χ0v) is 17.5. The van der Waals surface area contributed by atoms with Crippen LogP contribution in [0, 0.1) is 0 Å². The molecule has 3 rings (SSSR count). The molecule has 30 heavy (non-hydrogen) atoms. The van der Waals surface area contributed by atoms with Gasteiger partial charge in [0.25, 0.3) is 0 Å². The van der Waals surface area contributed by atoms with Crippen molar-refractivity contribution in [3.8, 4) is 0 Å². The molecule has 4 nitrogen and oxygen atoms in total. The molecule has 3 aromatic carbocycles. The largest absolute Gasteiger partial charge is 0.396 e. The summed E-state index contributed by atoms with van der Waals surface area (Å²) < 4.78 is 0. The summed E-state index contributed by atoms with van der Waals surface area (Å²) in [4.78, 5) is 17.1. The van der Waals surface area contributed by atoms with Crippen molar-refractivity contribution in [1.82, 2.24) is 9.80 Å². The number of nitrogens with zero attached hydrogens (tertiary/aromatic N) is 2. The third-order valence-electron chi connectivity index (χ3n) is 5.23. The van der Waals surface area contributed by atoms with Gasteiger partial charge in [0.05, 0.1) is 12.6 Å². The van der Waals surface area contributed by atoms with Gasteiger partial charge in [-0.05, 0) is 23.1 Å². The monoisotopic (exact) mass is 402 g/mol. The number of carbonyl (C=O) groups excluding carboxylic acids is 1. The summed E-state index contributed by atoms with van der Waals surface area (Å²) >= 11 is 0. The Morgan fingerprint density at radius 1 is 0.833 bits per heavy atom. The van der Waals surface area contributed by atoms with Gasteiger partial charge in [-0.15, -0.1) is 0 Å². The maximum absolute atomic E-state index is 13.1. The second-order valence-corrected chi connectivity index (χ2v) is 7.51. The predicted octanol–water partition coefficient (Wildman–Crippen LogP) is 4.12. The van der Waals surface area contributed by atoms with E-state index in [0.717, 1.165) is 16.7 Å². The zero-order chi connectivity index (χ0) is 21.2. The van der Waals surface area contributed by atoms with Crippen LogP contribution in [-0.2, 0) is 11.3 Å². The van der Waals surface area contributed by atoms with E-state index in [1.165, 1.54) is 0 Å². The van der Waals surface area contributed by atoms with Crippen LogP contribution < -0.4 is 0 Å². The molecule has 3 aromatic rings. The van der Waals surface area contributed by atoms with Crippen molar-refractivity contribution in [1.29, 1.82) is 0 Å². The number of hydrogen-bond acceptors (Lipinski definition) is 3. The van der Waals surface area contributed by atoms with Gasteiger partial charge in [-0.1, -0.05) is 91.0 Å². The lowest BCUT2D eigenvalue weighted by Crippen LogP contribution is -2.41. The molecule has 0 atom stereocenters. The van der Waals surface area contributed by atoms with Gasteiger partial charge >= 0.3 is 0 Å². The topological polar surface area (TPSA) is 43.8 Å². The quantitative estimate of drug-likeness (QED) is 0.555. The van der Waals surface area contributed by atoms with E-state index in [-0.39, 0.29) is 25.1 Å². The van der Waals surface area contributed by atoms with E-state index in [9.17, 15) is 9.90 Å². The average Bonchev–Trinajstić information content (AvgIpc) is 2.79. The summed E-state index contributed by atoms with van der Waals surface area (Å²) in [6.07, 6.45) is 0.617. The summed E-state index contributed by atoms with van der Waals surface area (Å²) in [6, 6.07) is 30.5. The van der Waals surface area contributed by atoms with Crippen molar-refractivity contribution in [2.75, 3.05) is 26.7 Å². The number of aliphatic hydroxyl groups excluding tert-OH is 1. The Hall–Kier alpha value is -2.95. The van der Waals surface area contributed by atoms with Crippen LogP contribution in [0.25, 0.3) is 0 Å². The maximum Gasteiger partial charge on any atom is 0.236 e. The molecule has 0 aliphatic rings. The van der Waals surface area contributed by atoms with Gasteiger partial charge in [-0.25, -0.2) is 0 Å². The van der Waals surface area contributed by atoms with Gasteiger partial charge in [0, 0.05) is 26.7 Å². The van der Waals surface area contributed by atoms with Crippen molar-refractivity contribution in [3.05, 3.63) is 108 Å². The fourth-order valence-corrected chi connectivity index (χ4v) is 3.70. The fraction of sp³-hybridized carbons (Fsp3) is 0.269. The molecule has 0 heterocycles. The van der Waals surface area contributed by atoms with Crippen LogP contribution in [0.15, 0.2) is 91.0 Å². The molecule has 0 spiro atoms. The molecule has 0 aliphatic heterocycles. The van der Waals surface area contributed by atoms with E-state index >= 15 is 0 Å². The van der Waals surface area contributed by atoms with Crippen molar-refractivity contribution in [3.63, 3.8) is 0 Å². The zero-order valence-electron chi connectivity index (χ0n) is 17.5. The first-order chi connectivity index (χ1) is 14.7. The van der Waals surface area contributed by atoms with E-state index in [2.05, 4.69) is 29.2 Å². The molecular formula is C26H30N2O2. The summed E-state index contributed by atoms with van der Waals surface area (Å²) in [6.45, 7) is 1.60. The predicted molar refractivity (Wildman–Crippen MR) is 121 cm³/mol. The normalized spacial score (nSPS) is 11.1. The van der Waals surface area contributed by atoms with Gasteiger partial charge in [-0.2, -0.15) is 0 Å². The maximum atomic E-state index is 13.1. The van der Waals surface area contributed by atoms with Crippen LogP contribution in [0.4, 0.5) is 0 Å². The molecule has 0 saturated carbocycles. The Morgan fingerprint density at radius 2 is 1.33 bits per heavy atom. The molecule has 1 amide bonds. The number of rotatable bonds is 10. The van der Waals surface area contributed by atoms with Crippen molar-refractivity contribution < 1.29 is 9.90 Å². The molecule has 0 aliphatic carbocycles. The number of benzene rings is 3. The Bertz CT molecular complexity index is 845. The Morgan fingerprint density at radius 3 is 1.83 bits per heavy atom. The lowest BCUT2D eigenvalue weighted by Gasteiger charge is -2.33. The molecule has 4 heteroatoms. The van der Waals surface area contributed by atoms with Crippen molar-refractivity contribution in [2.24, 2.45) is 0 Å². The van der Waals surface area contributed by atoms with Crippen LogP contribution in [0.3, 0.4) is 0 Å². The summed E-state index contributed by atoms with van der Waals surface area (Å²) in [5.74, 6) is 0.0636. The molecule has 1 N–H and O–H groups in total. The van der Waals surface area contributed by atoms with Gasteiger partial charge < -0.3 is 10.0 Å². The highest BCUT2D eigenvalue weighted by Gasteiger charge is 2.25. The van der Waals surface area contributed by atoms with Crippen LogP contribution in [-0.4, -0.2) is 47.6 Å². The lowest BCUT2D eigenvalue weighted by atomic mass is 9.96. The summed E-state index contributed by atoms with van der Waals surface area (Å²) in [5, 5.41) is 9.45. The van der Waals surface area contributed by atoms with E-state index in [4.69, 9.17) is 0 Å². The number of likely N-dealkylation sites (N-methyl/N-ethyl adjacent to an activating group) is 1. The molecule has 0 unspecified atom stereocenters. The lowest BCUT2D eigenvalue weighted by molar-refractivity contribution is -0.132. The minimum Gasteiger partial charge on any atom is -0.396 e. The minimum atomic E-state index is -0.0481. The Kier molecular flexibility index (Phi) is 8.19. The number of hydrogen-bond donors (Lipinski definition) is 1. The third-order valence-corrected chi connectivity index (χ3v) is 5.23. The van der Waals surface area contributed by atoms with Crippen molar-refractivity contribution >= 4 is 5.91 Å². The number of aliphatic hydroxyl groups is 1. The first kappa shape index (κ1) is 21.8. The molecule has 0 aromatic heterocycles. The number of amides is 1. The van der Waals surface area contributed by atoms with Gasteiger partial charge in [0.1, 0.15) is 0 Å². The molecule has 156 valence electrons. The van der Waals surface area contributed by atoms with Gasteiger partial charge in [0.15, 0.2) is 0 Å². The van der Waals surface area contributed by atoms with E-state index < -0.39 is 0 Å². The first-order valence-corrected chi connectivity index (χ1v) is 10.4. The second kappa shape index (κ2) is 11.3. The van der Waals surface area contributed by atoms with Crippen LogP contribution in [0.5, 0.6) is 0 Å². The van der Waals surface area contributed by atoms with Crippen LogP contribution in [0.2, 0.25) is 0 Å². The molecule has 0 fully saturated rings. The first-order valence-electron chi connectivity index (χ1n) is 10.4. The fourth-order valence-electron chi connectivity index (χ4n) is 3.70. The Labute approximate surface area is 179 Å². The molecule has 0 saturated heterocycles. The molecule has 0 radical (unpaired) electrons. The van der Waals surface area contributed by atoms with Gasteiger partial charge in [-0.3, -0.25) is 9.69 Å². The van der Waals surface area contributed by atoms with E-state index in [0.29, 0.717) is 19.5 Å². The van der Waals surface area contributed by atoms with Crippen molar-refractivity contribution in [2.45, 2.75) is 19.0 Å². The summed E-state index contributed by atoms with van der Waals surface area (Å²) in [5.41, 5.74) is 3.39. The van der Waals surface area contributed by atoms with E-state index in [1.807, 2.05) is 73.8 Å².